The van der Waals surface area contributed by atoms with Crippen LogP contribution >= 0.6 is 0 Å². The molecule has 3 fully saturated rings. The van der Waals surface area contributed by atoms with E-state index in [2.05, 4.69) is 9.80 Å². The predicted octanol–water partition coefficient (Wildman–Crippen LogP) is 2.14. The summed E-state index contributed by atoms with van der Waals surface area (Å²) in [7, 11) is 0. The minimum Gasteiger partial charge on any atom is -0.316 e. The number of hydrogen-bond donors (Lipinski definition) is 0. The topological polar surface area (TPSA) is 23.6 Å². The highest BCUT2D eigenvalue weighted by atomic mass is 16.2. The van der Waals surface area contributed by atoms with Crippen LogP contribution in [0.15, 0.2) is 11.3 Å². The molecule has 0 bridgehead atoms. The zero-order chi connectivity index (χ0) is 12.1. The summed E-state index contributed by atoms with van der Waals surface area (Å²) in [5.74, 6) is 1.12. The van der Waals surface area contributed by atoms with E-state index in [1.165, 1.54) is 44.5 Å². The SMILES string of the molecule is O=C1CCCC2=C3CCCN4CCC[C@@H](CN12)[C@@H]34. The molecule has 0 aromatic rings. The van der Waals surface area contributed by atoms with E-state index in [-0.39, 0.29) is 0 Å². The van der Waals surface area contributed by atoms with Gasteiger partial charge in [-0.25, -0.2) is 0 Å². The van der Waals surface area contributed by atoms with Gasteiger partial charge in [-0.05, 0) is 63.1 Å². The lowest BCUT2D eigenvalue weighted by Crippen LogP contribution is -2.57. The molecule has 1 amide bonds. The van der Waals surface area contributed by atoms with Gasteiger partial charge in [0.15, 0.2) is 0 Å². The van der Waals surface area contributed by atoms with E-state index in [0.717, 1.165) is 31.7 Å². The lowest BCUT2D eigenvalue weighted by Gasteiger charge is -2.52. The zero-order valence-corrected chi connectivity index (χ0v) is 11.0. The molecule has 0 aromatic heterocycles. The molecule has 0 aliphatic carbocycles. The second-order valence-electron chi connectivity index (χ2n) is 6.32. The van der Waals surface area contributed by atoms with Crippen LogP contribution in [-0.4, -0.2) is 41.4 Å². The summed E-state index contributed by atoms with van der Waals surface area (Å²) in [5, 5.41) is 0. The third-order valence-electron chi connectivity index (χ3n) is 5.33. The summed E-state index contributed by atoms with van der Waals surface area (Å²) in [6.07, 6.45) is 8.19. The summed E-state index contributed by atoms with van der Waals surface area (Å²) in [6.45, 7) is 3.58. The fourth-order valence-corrected chi connectivity index (χ4v) is 4.64. The number of nitrogens with zero attached hydrogens (tertiary/aromatic N) is 2. The first-order valence-electron chi connectivity index (χ1n) is 7.61. The van der Waals surface area contributed by atoms with Crippen molar-refractivity contribution < 1.29 is 4.79 Å². The number of allylic oxidation sites excluding steroid dienone is 1. The highest BCUT2D eigenvalue weighted by Crippen LogP contribution is 2.43. The number of hydrogen-bond acceptors (Lipinski definition) is 2. The van der Waals surface area contributed by atoms with Gasteiger partial charge >= 0.3 is 0 Å². The molecule has 0 saturated carbocycles. The molecule has 4 aliphatic heterocycles. The molecule has 3 nitrogen and oxygen atoms in total. The maximum absolute atomic E-state index is 12.1. The van der Waals surface area contributed by atoms with Crippen molar-refractivity contribution in [3.63, 3.8) is 0 Å². The van der Waals surface area contributed by atoms with Gasteiger partial charge < -0.3 is 4.90 Å². The Labute approximate surface area is 109 Å². The first-order chi connectivity index (χ1) is 8.84. The Hall–Kier alpha value is -0.830. The van der Waals surface area contributed by atoms with Gasteiger partial charge in [-0.15, -0.1) is 0 Å². The molecule has 3 saturated heterocycles. The Morgan fingerprint density at radius 1 is 1.00 bits per heavy atom. The van der Waals surface area contributed by atoms with Crippen LogP contribution in [0.5, 0.6) is 0 Å². The van der Waals surface area contributed by atoms with Gasteiger partial charge in [0.2, 0.25) is 5.91 Å². The van der Waals surface area contributed by atoms with Gasteiger partial charge in [0, 0.05) is 24.7 Å². The normalized spacial score (nSPS) is 36.4. The van der Waals surface area contributed by atoms with Crippen LogP contribution in [0.4, 0.5) is 0 Å². The van der Waals surface area contributed by atoms with Crippen molar-refractivity contribution in [2.24, 2.45) is 5.92 Å². The molecular formula is C15H22N2O. The average molecular weight is 246 g/mol. The molecule has 4 heterocycles. The quantitative estimate of drug-likeness (QED) is 0.654. The molecule has 0 aromatic carbocycles. The summed E-state index contributed by atoms with van der Waals surface area (Å²) in [6, 6.07) is 0.699. The van der Waals surface area contributed by atoms with E-state index in [4.69, 9.17) is 0 Å². The summed E-state index contributed by atoms with van der Waals surface area (Å²) in [5.41, 5.74) is 3.07. The van der Waals surface area contributed by atoms with Crippen LogP contribution in [0.25, 0.3) is 0 Å². The minimum absolute atomic E-state index is 0.393. The van der Waals surface area contributed by atoms with Crippen molar-refractivity contribution in [1.29, 1.82) is 0 Å². The molecule has 0 spiro atoms. The van der Waals surface area contributed by atoms with Crippen LogP contribution < -0.4 is 0 Å². The predicted molar refractivity (Wildman–Crippen MR) is 69.9 cm³/mol. The van der Waals surface area contributed by atoms with Crippen molar-refractivity contribution in [1.82, 2.24) is 9.80 Å². The zero-order valence-electron chi connectivity index (χ0n) is 11.0. The fourth-order valence-electron chi connectivity index (χ4n) is 4.64. The van der Waals surface area contributed by atoms with Crippen LogP contribution in [0.3, 0.4) is 0 Å². The van der Waals surface area contributed by atoms with E-state index in [1.807, 2.05) is 0 Å². The summed E-state index contributed by atoms with van der Waals surface area (Å²) < 4.78 is 0. The summed E-state index contributed by atoms with van der Waals surface area (Å²) in [4.78, 5) is 17.0. The van der Waals surface area contributed by atoms with Gasteiger partial charge in [0.05, 0.1) is 0 Å². The largest absolute Gasteiger partial charge is 0.316 e. The van der Waals surface area contributed by atoms with E-state index >= 15 is 0 Å². The number of rotatable bonds is 0. The maximum atomic E-state index is 12.1. The van der Waals surface area contributed by atoms with E-state index in [0.29, 0.717) is 11.9 Å². The highest BCUT2D eigenvalue weighted by Gasteiger charge is 2.44. The third-order valence-corrected chi connectivity index (χ3v) is 5.33. The Bertz CT molecular complexity index is 413. The standard InChI is InChI=1S/C15H22N2O/c18-14-7-1-6-13-12-5-3-9-16-8-2-4-11(15(12)16)10-17(13)14/h11,15H,1-10H2/t11-,15-/m0/s1. The molecule has 98 valence electrons. The van der Waals surface area contributed by atoms with Gasteiger partial charge in [0.25, 0.3) is 0 Å². The Balaban J connectivity index is 1.77. The lowest BCUT2D eigenvalue weighted by molar-refractivity contribution is -0.133. The number of fused-ring (bicyclic) bond motifs is 1. The molecule has 0 radical (unpaired) electrons. The van der Waals surface area contributed by atoms with Crippen molar-refractivity contribution in [2.75, 3.05) is 19.6 Å². The van der Waals surface area contributed by atoms with E-state index in [1.54, 1.807) is 5.57 Å². The lowest BCUT2D eigenvalue weighted by atomic mass is 9.75. The summed E-state index contributed by atoms with van der Waals surface area (Å²) >= 11 is 0. The highest BCUT2D eigenvalue weighted by molar-refractivity contribution is 5.79. The molecular weight excluding hydrogens is 224 g/mol. The number of amides is 1. The van der Waals surface area contributed by atoms with Gasteiger partial charge in [-0.3, -0.25) is 9.69 Å². The molecule has 4 aliphatic rings. The fraction of sp³-hybridized carbons (Fsp3) is 0.800. The molecule has 18 heavy (non-hydrogen) atoms. The van der Waals surface area contributed by atoms with Gasteiger partial charge in [0.1, 0.15) is 0 Å². The second-order valence-corrected chi connectivity index (χ2v) is 6.32. The smallest absolute Gasteiger partial charge is 0.226 e. The average Bonchev–Trinajstić information content (AvgIpc) is 2.41. The first-order valence-corrected chi connectivity index (χ1v) is 7.61. The van der Waals surface area contributed by atoms with Gasteiger partial charge in [-0.1, -0.05) is 0 Å². The third kappa shape index (κ3) is 1.49. The minimum atomic E-state index is 0.393. The Kier molecular flexibility index (Phi) is 2.51. The first kappa shape index (κ1) is 11.0. The Morgan fingerprint density at radius 3 is 2.83 bits per heavy atom. The molecule has 4 rings (SSSR count). The number of piperidine rings is 3. The van der Waals surface area contributed by atoms with Crippen molar-refractivity contribution in [3.05, 3.63) is 11.3 Å². The van der Waals surface area contributed by atoms with Crippen molar-refractivity contribution in [2.45, 2.75) is 51.0 Å². The van der Waals surface area contributed by atoms with Crippen LogP contribution in [-0.2, 0) is 4.79 Å². The Morgan fingerprint density at radius 2 is 1.89 bits per heavy atom. The van der Waals surface area contributed by atoms with Crippen LogP contribution in [0.2, 0.25) is 0 Å². The second kappa shape index (κ2) is 4.09. The molecule has 3 heteroatoms. The molecule has 2 atom stereocenters. The number of carbonyl (C=O) groups excluding carboxylic acids is 1. The molecule has 0 unspecified atom stereocenters. The van der Waals surface area contributed by atoms with Crippen LogP contribution in [0.1, 0.15) is 44.9 Å². The van der Waals surface area contributed by atoms with Crippen molar-refractivity contribution >= 4 is 5.91 Å². The molecule has 0 N–H and O–H groups in total. The van der Waals surface area contributed by atoms with Crippen molar-refractivity contribution in [3.8, 4) is 0 Å². The van der Waals surface area contributed by atoms with E-state index < -0.39 is 0 Å². The van der Waals surface area contributed by atoms with Crippen LogP contribution in [0, 0.1) is 5.92 Å². The number of carbonyl (C=O) groups is 1. The maximum Gasteiger partial charge on any atom is 0.226 e. The van der Waals surface area contributed by atoms with E-state index in [9.17, 15) is 4.79 Å². The van der Waals surface area contributed by atoms with Gasteiger partial charge in [-0.2, -0.15) is 0 Å². The monoisotopic (exact) mass is 246 g/mol.